The molecule has 0 saturated heterocycles. The lowest BCUT2D eigenvalue weighted by atomic mass is 10.2. The van der Waals surface area contributed by atoms with E-state index in [4.69, 9.17) is 4.74 Å². The van der Waals surface area contributed by atoms with Crippen LogP contribution in [0.1, 0.15) is 46.8 Å². The third-order valence-corrected chi connectivity index (χ3v) is 3.75. The van der Waals surface area contributed by atoms with Gasteiger partial charge in [0.15, 0.2) is 16.6 Å². The molecule has 0 fully saturated rings. The number of esters is 1. The van der Waals surface area contributed by atoms with Crippen LogP contribution in [0.25, 0.3) is 0 Å². The maximum Gasteiger partial charge on any atom is 0.358 e. The molecule has 0 aliphatic carbocycles. The Kier molecular flexibility index (Phi) is 6.60. The first-order valence-corrected chi connectivity index (χ1v) is 7.20. The fourth-order valence-corrected chi connectivity index (χ4v) is 2.70. The predicted octanol–water partition coefficient (Wildman–Crippen LogP) is 2.36. The molecule has 7 heteroatoms. The molecule has 1 aromatic rings. The summed E-state index contributed by atoms with van der Waals surface area (Å²) in [6, 6.07) is 0.0986. The Balaban J connectivity index is 2.95. The van der Waals surface area contributed by atoms with Crippen LogP contribution in [0.3, 0.4) is 0 Å². The topological polar surface area (TPSA) is 77.5 Å². The number of ketones is 1. The molecule has 0 aromatic carbocycles. The maximum atomic E-state index is 11.6. The van der Waals surface area contributed by atoms with Crippen molar-refractivity contribution < 1.29 is 19.1 Å². The Morgan fingerprint density at radius 2 is 2.10 bits per heavy atom. The molecule has 0 spiro atoms. The molecule has 0 bridgehead atoms. The van der Waals surface area contributed by atoms with Gasteiger partial charge in [0.05, 0.1) is 19.8 Å². The van der Waals surface area contributed by atoms with Crippen molar-refractivity contribution in [3.05, 3.63) is 10.6 Å². The Labute approximate surface area is 122 Å². The van der Waals surface area contributed by atoms with E-state index in [9.17, 15) is 9.59 Å². The van der Waals surface area contributed by atoms with Crippen LogP contribution in [-0.2, 0) is 9.47 Å². The predicted molar refractivity (Wildman–Crippen MR) is 77.7 cm³/mol. The highest BCUT2D eigenvalue weighted by Gasteiger charge is 2.22. The first-order chi connectivity index (χ1) is 9.53. The van der Waals surface area contributed by atoms with Crippen LogP contribution in [0.15, 0.2) is 0 Å². The Morgan fingerprint density at radius 3 is 2.60 bits per heavy atom. The molecule has 0 aliphatic heterocycles. The number of rotatable bonds is 8. The van der Waals surface area contributed by atoms with Crippen molar-refractivity contribution in [1.82, 2.24) is 4.98 Å². The first kappa shape index (κ1) is 16.6. The molecule has 20 heavy (non-hydrogen) atoms. The number of hydrogen-bond acceptors (Lipinski definition) is 7. The molecule has 112 valence electrons. The number of nitrogens with one attached hydrogen (secondary N) is 1. The second-order valence-electron chi connectivity index (χ2n) is 4.33. The number of nitrogens with zero attached hydrogens (tertiary/aromatic N) is 1. The summed E-state index contributed by atoms with van der Waals surface area (Å²) in [5.74, 6) is -0.798. The average Bonchev–Trinajstić information content (AvgIpc) is 2.82. The summed E-state index contributed by atoms with van der Waals surface area (Å²) < 4.78 is 9.78. The zero-order chi connectivity index (χ0) is 15.1. The van der Waals surface area contributed by atoms with Crippen LogP contribution < -0.4 is 5.32 Å². The molecular weight excluding hydrogens is 280 g/mol. The monoisotopic (exact) mass is 300 g/mol. The summed E-state index contributed by atoms with van der Waals surface area (Å²) in [6.07, 6.45) is 1.91. The van der Waals surface area contributed by atoms with E-state index >= 15 is 0 Å². The summed E-state index contributed by atoms with van der Waals surface area (Å²) in [6.45, 7) is 4.02. The number of hydrogen-bond donors (Lipinski definition) is 1. The van der Waals surface area contributed by atoms with Gasteiger partial charge < -0.3 is 14.8 Å². The number of ether oxygens (including phenoxy) is 2. The largest absolute Gasteiger partial charge is 0.464 e. The van der Waals surface area contributed by atoms with Gasteiger partial charge in [0.2, 0.25) is 0 Å². The zero-order valence-corrected chi connectivity index (χ0v) is 13.0. The number of carbonyl (C=O) groups is 2. The van der Waals surface area contributed by atoms with E-state index in [1.807, 2.05) is 0 Å². The van der Waals surface area contributed by atoms with Gasteiger partial charge in [-0.05, 0) is 6.42 Å². The van der Waals surface area contributed by atoms with E-state index in [-0.39, 0.29) is 17.5 Å². The highest BCUT2D eigenvalue weighted by molar-refractivity contribution is 7.17. The van der Waals surface area contributed by atoms with E-state index in [1.165, 1.54) is 14.0 Å². The van der Waals surface area contributed by atoms with E-state index in [1.54, 1.807) is 7.11 Å². The normalized spacial score (nSPS) is 12.0. The molecule has 1 unspecified atom stereocenters. The van der Waals surface area contributed by atoms with Crippen molar-refractivity contribution in [3.63, 3.8) is 0 Å². The maximum absolute atomic E-state index is 11.6. The van der Waals surface area contributed by atoms with Gasteiger partial charge in [-0.2, -0.15) is 0 Å². The molecule has 1 atom stereocenters. The van der Waals surface area contributed by atoms with Crippen molar-refractivity contribution in [2.45, 2.75) is 32.7 Å². The Bertz CT molecular complexity index is 467. The van der Waals surface area contributed by atoms with E-state index in [2.05, 4.69) is 22.0 Å². The number of carbonyl (C=O) groups excluding carboxylic acids is 2. The molecule has 0 radical (unpaired) electrons. The summed E-state index contributed by atoms with van der Waals surface area (Å²) in [4.78, 5) is 27.6. The summed E-state index contributed by atoms with van der Waals surface area (Å²) in [5, 5.41) is 3.73. The van der Waals surface area contributed by atoms with Gasteiger partial charge in [-0.3, -0.25) is 4.79 Å². The number of methoxy groups -OCH3 is 2. The minimum Gasteiger partial charge on any atom is -0.464 e. The second kappa shape index (κ2) is 7.96. The summed E-state index contributed by atoms with van der Waals surface area (Å²) >= 11 is 1.16. The number of anilines is 1. The van der Waals surface area contributed by atoms with Crippen LogP contribution >= 0.6 is 11.3 Å². The third-order valence-electron chi connectivity index (χ3n) is 2.66. The highest BCUT2D eigenvalue weighted by Crippen LogP contribution is 2.25. The number of thiazole rings is 1. The second-order valence-corrected chi connectivity index (χ2v) is 5.33. The van der Waals surface area contributed by atoms with Gasteiger partial charge in [-0.15, -0.1) is 0 Å². The minimum absolute atomic E-state index is 0.0696. The van der Waals surface area contributed by atoms with Crippen molar-refractivity contribution in [1.29, 1.82) is 0 Å². The molecule has 1 rings (SSSR count). The molecule has 0 amide bonds. The first-order valence-electron chi connectivity index (χ1n) is 6.39. The molecule has 0 saturated carbocycles. The van der Waals surface area contributed by atoms with Crippen molar-refractivity contribution in [2.75, 3.05) is 26.1 Å². The number of aromatic nitrogens is 1. The van der Waals surface area contributed by atoms with Gasteiger partial charge in [0, 0.05) is 14.0 Å². The van der Waals surface area contributed by atoms with Gasteiger partial charge in [0.25, 0.3) is 0 Å². The molecule has 6 nitrogen and oxygen atoms in total. The smallest absolute Gasteiger partial charge is 0.358 e. The van der Waals surface area contributed by atoms with Crippen molar-refractivity contribution >= 4 is 28.2 Å². The van der Waals surface area contributed by atoms with Gasteiger partial charge >= 0.3 is 5.97 Å². The SMILES string of the molecule is CCCC(COC)Nc1nc(C(=O)OC)c(C(C)=O)s1. The number of Topliss-reactive ketones (excluding diaryl/α,β-unsaturated/α-hetero) is 1. The fraction of sp³-hybridized carbons (Fsp3) is 0.615. The standard InChI is InChI=1S/C13H20N2O4S/c1-5-6-9(7-18-3)14-13-15-10(12(17)19-4)11(20-13)8(2)16/h9H,5-7H2,1-4H3,(H,14,15). The Hall–Kier alpha value is -1.47. The third kappa shape index (κ3) is 4.28. The van der Waals surface area contributed by atoms with E-state index in [0.29, 0.717) is 16.6 Å². The average molecular weight is 300 g/mol. The molecule has 1 N–H and O–H groups in total. The van der Waals surface area contributed by atoms with Gasteiger partial charge in [0.1, 0.15) is 4.88 Å². The minimum atomic E-state index is -0.599. The summed E-state index contributed by atoms with van der Waals surface area (Å²) in [5.41, 5.74) is 0.0696. The van der Waals surface area contributed by atoms with Crippen LogP contribution in [0.5, 0.6) is 0 Å². The lowest BCUT2D eigenvalue weighted by Gasteiger charge is -2.15. The molecule has 1 heterocycles. The van der Waals surface area contributed by atoms with Crippen molar-refractivity contribution in [3.8, 4) is 0 Å². The lowest BCUT2D eigenvalue weighted by molar-refractivity contribution is 0.0591. The quantitative estimate of drug-likeness (QED) is 0.586. The van der Waals surface area contributed by atoms with Gasteiger partial charge in [-0.25, -0.2) is 9.78 Å². The van der Waals surface area contributed by atoms with Crippen LogP contribution in [0.2, 0.25) is 0 Å². The van der Waals surface area contributed by atoms with Gasteiger partial charge in [-0.1, -0.05) is 24.7 Å². The van der Waals surface area contributed by atoms with Crippen LogP contribution in [0, 0.1) is 0 Å². The molecular formula is C13H20N2O4S. The van der Waals surface area contributed by atoms with Crippen molar-refractivity contribution in [2.24, 2.45) is 0 Å². The molecule has 1 aromatic heterocycles. The molecule has 0 aliphatic rings. The van der Waals surface area contributed by atoms with E-state index in [0.717, 1.165) is 24.2 Å². The van der Waals surface area contributed by atoms with Crippen LogP contribution in [-0.4, -0.2) is 43.6 Å². The lowest BCUT2D eigenvalue weighted by Crippen LogP contribution is -2.24. The highest BCUT2D eigenvalue weighted by atomic mass is 32.1. The van der Waals surface area contributed by atoms with E-state index < -0.39 is 5.97 Å². The Morgan fingerprint density at radius 1 is 1.40 bits per heavy atom. The van der Waals surface area contributed by atoms with Crippen LogP contribution in [0.4, 0.5) is 5.13 Å². The summed E-state index contributed by atoms with van der Waals surface area (Å²) in [7, 11) is 2.90. The zero-order valence-electron chi connectivity index (χ0n) is 12.2. The fourth-order valence-electron chi connectivity index (χ4n) is 1.78.